The molecule has 0 spiro atoms. The van der Waals surface area contributed by atoms with Crippen LogP contribution >= 0.6 is 0 Å². The highest BCUT2D eigenvalue weighted by atomic mass is 15.2. The van der Waals surface area contributed by atoms with Gasteiger partial charge in [-0.05, 0) is 51.6 Å². The van der Waals surface area contributed by atoms with Gasteiger partial charge in [-0.25, -0.2) is 0 Å². The third kappa shape index (κ3) is 33.6. The van der Waals surface area contributed by atoms with Crippen molar-refractivity contribution in [3.05, 3.63) is 0 Å². The average Bonchev–Trinajstić information content (AvgIpc) is 2.98. The van der Waals surface area contributed by atoms with Gasteiger partial charge in [0.15, 0.2) is 0 Å². The quantitative estimate of drug-likeness (QED) is 0.0620. The largest absolute Gasteiger partial charge is 0.298 e. The van der Waals surface area contributed by atoms with Crippen LogP contribution in [0.15, 0.2) is 0 Å². The van der Waals surface area contributed by atoms with E-state index in [-0.39, 0.29) is 0 Å². The highest BCUT2D eigenvalue weighted by molar-refractivity contribution is 4.86. The first-order valence-corrected chi connectivity index (χ1v) is 21.5. The van der Waals surface area contributed by atoms with Crippen molar-refractivity contribution in [2.75, 3.05) is 13.1 Å². The second-order valence-corrected chi connectivity index (χ2v) is 17.1. The molecule has 0 saturated heterocycles. The third-order valence-corrected chi connectivity index (χ3v) is 10.4. The maximum Gasteiger partial charge on any atom is 0.0158 e. The molecule has 0 rings (SSSR count). The normalized spacial score (nSPS) is 12.5. The Kier molecular flexibility index (Phi) is 32.5. The van der Waals surface area contributed by atoms with Crippen molar-refractivity contribution in [3.8, 4) is 0 Å². The van der Waals surface area contributed by atoms with Crippen molar-refractivity contribution >= 4 is 0 Å². The van der Waals surface area contributed by atoms with Gasteiger partial charge in [0.25, 0.3) is 0 Å². The number of rotatable bonds is 36. The molecule has 1 nitrogen and oxygen atoms in total. The van der Waals surface area contributed by atoms with Crippen molar-refractivity contribution in [2.24, 2.45) is 5.41 Å². The molecule has 0 aliphatic rings. The molecule has 0 unspecified atom stereocenters. The minimum Gasteiger partial charge on any atom is -0.298 e. The zero-order valence-corrected chi connectivity index (χ0v) is 33.2. The Balaban J connectivity index is 3.90. The number of hydrogen-bond acceptors (Lipinski definition) is 1. The van der Waals surface area contributed by atoms with Crippen LogP contribution in [0.25, 0.3) is 0 Å². The fourth-order valence-corrected chi connectivity index (χ4v) is 7.83. The molecule has 0 N–H and O–H groups in total. The van der Waals surface area contributed by atoms with Gasteiger partial charge in [0, 0.05) is 5.54 Å². The van der Waals surface area contributed by atoms with E-state index >= 15 is 0 Å². The van der Waals surface area contributed by atoms with Gasteiger partial charge in [-0.2, -0.15) is 0 Å². The lowest BCUT2D eigenvalue weighted by molar-refractivity contribution is 0.0730. The molecule has 45 heavy (non-hydrogen) atoms. The van der Waals surface area contributed by atoms with Crippen LogP contribution in [0.5, 0.6) is 0 Å². The zero-order chi connectivity index (χ0) is 33.3. The summed E-state index contributed by atoms with van der Waals surface area (Å²) in [5.74, 6) is 0. The molecule has 0 aromatic carbocycles. The van der Waals surface area contributed by atoms with Crippen LogP contribution in [0, 0.1) is 5.41 Å². The summed E-state index contributed by atoms with van der Waals surface area (Å²) in [6.07, 6.45) is 47.9. The van der Waals surface area contributed by atoms with E-state index in [4.69, 9.17) is 0 Å². The van der Waals surface area contributed by atoms with E-state index in [0.717, 1.165) is 0 Å². The number of hydrogen-bond donors (Lipinski definition) is 0. The average molecular weight is 634 g/mol. The van der Waals surface area contributed by atoms with Gasteiger partial charge >= 0.3 is 0 Å². The van der Waals surface area contributed by atoms with E-state index in [1.54, 1.807) is 0 Å². The van der Waals surface area contributed by atoms with Gasteiger partial charge in [-0.15, -0.1) is 0 Å². The molecule has 272 valence electrons. The maximum atomic E-state index is 2.88. The predicted octanol–water partition coefficient (Wildman–Crippen LogP) is 16.0. The van der Waals surface area contributed by atoms with E-state index in [1.807, 2.05) is 0 Å². The fourth-order valence-electron chi connectivity index (χ4n) is 7.83. The van der Waals surface area contributed by atoms with E-state index in [1.165, 1.54) is 225 Å². The van der Waals surface area contributed by atoms with Gasteiger partial charge in [0.05, 0.1) is 0 Å². The Morgan fingerprint density at radius 3 is 0.689 bits per heavy atom. The van der Waals surface area contributed by atoms with Crippen molar-refractivity contribution < 1.29 is 0 Å². The fraction of sp³-hybridized carbons (Fsp3) is 1.00. The first kappa shape index (κ1) is 45.0. The van der Waals surface area contributed by atoms with Gasteiger partial charge in [-0.1, -0.05) is 227 Å². The minimum atomic E-state index is 0.309. The predicted molar refractivity (Wildman–Crippen MR) is 209 cm³/mol. The molecule has 0 atom stereocenters. The lowest BCUT2D eigenvalue weighted by Gasteiger charge is -2.43. The molecule has 0 radical (unpaired) electrons. The van der Waals surface area contributed by atoms with E-state index in [2.05, 4.69) is 53.4 Å². The highest BCUT2D eigenvalue weighted by Crippen LogP contribution is 2.32. The van der Waals surface area contributed by atoms with Crippen molar-refractivity contribution in [2.45, 2.75) is 266 Å². The number of nitrogens with zero attached hydrogens (tertiary/aromatic N) is 1. The van der Waals surface area contributed by atoms with E-state index in [9.17, 15) is 0 Å². The number of unbranched alkanes of at least 4 members (excludes halogenated alkanes) is 30. The highest BCUT2D eigenvalue weighted by Gasteiger charge is 2.30. The Bertz CT molecular complexity index is 522. The summed E-state index contributed by atoms with van der Waals surface area (Å²) < 4.78 is 0. The van der Waals surface area contributed by atoms with Crippen LogP contribution in [0.4, 0.5) is 0 Å². The summed E-state index contributed by atoms with van der Waals surface area (Å²) in [4.78, 5) is 2.88. The molecule has 0 amide bonds. The standard InChI is InChI=1S/C44H91N/c1-8-10-12-14-16-18-20-22-24-26-28-30-32-34-36-38-40-45(44(6,7)42-43(3,4)5)41-39-37-35-33-31-29-27-25-23-21-19-17-15-13-11-9-2/h8-42H2,1-7H3. The lowest BCUT2D eigenvalue weighted by Crippen LogP contribution is -2.47. The Labute approximate surface area is 288 Å². The molecule has 0 bridgehead atoms. The lowest BCUT2D eigenvalue weighted by atomic mass is 9.80. The molecule has 0 aliphatic heterocycles. The molecule has 1 heteroatoms. The summed E-state index contributed by atoms with van der Waals surface area (Å²) in [5.41, 5.74) is 0.703. The zero-order valence-electron chi connectivity index (χ0n) is 33.2. The molecule has 0 saturated carbocycles. The Hall–Kier alpha value is -0.0400. The summed E-state index contributed by atoms with van der Waals surface area (Å²) >= 11 is 0. The molecule has 0 aromatic heterocycles. The topological polar surface area (TPSA) is 3.24 Å². The Morgan fingerprint density at radius 2 is 0.489 bits per heavy atom. The van der Waals surface area contributed by atoms with Gasteiger partial charge < -0.3 is 0 Å². The molecular weight excluding hydrogens is 542 g/mol. The van der Waals surface area contributed by atoms with E-state index in [0.29, 0.717) is 11.0 Å². The smallest absolute Gasteiger partial charge is 0.0158 e. The summed E-state index contributed by atoms with van der Waals surface area (Å²) in [6.45, 7) is 19.6. The van der Waals surface area contributed by atoms with Crippen LogP contribution in [0.1, 0.15) is 260 Å². The summed E-state index contributed by atoms with van der Waals surface area (Å²) in [7, 11) is 0. The van der Waals surface area contributed by atoms with Crippen LogP contribution in [0.3, 0.4) is 0 Å². The summed E-state index contributed by atoms with van der Waals surface area (Å²) in [6, 6.07) is 0. The SMILES string of the molecule is CCCCCCCCCCCCCCCCCCN(CCCCCCCCCCCCCCCCCC)C(C)(C)CC(C)(C)C. The van der Waals surface area contributed by atoms with E-state index < -0.39 is 0 Å². The van der Waals surface area contributed by atoms with Crippen molar-refractivity contribution in [3.63, 3.8) is 0 Å². The van der Waals surface area contributed by atoms with Crippen LogP contribution in [0.2, 0.25) is 0 Å². The van der Waals surface area contributed by atoms with Gasteiger partial charge in [0.2, 0.25) is 0 Å². The molecular formula is C44H91N. The van der Waals surface area contributed by atoms with Gasteiger partial charge in [-0.3, -0.25) is 4.90 Å². The molecule has 0 aromatic rings. The van der Waals surface area contributed by atoms with Crippen LogP contribution in [-0.4, -0.2) is 23.5 Å². The van der Waals surface area contributed by atoms with Crippen molar-refractivity contribution in [1.29, 1.82) is 0 Å². The molecule has 0 heterocycles. The molecule has 0 fully saturated rings. The van der Waals surface area contributed by atoms with Crippen LogP contribution < -0.4 is 0 Å². The first-order valence-electron chi connectivity index (χ1n) is 21.5. The van der Waals surface area contributed by atoms with Gasteiger partial charge in [0.1, 0.15) is 0 Å². The van der Waals surface area contributed by atoms with Crippen molar-refractivity contribution in [1.82, 2.24) is 4.90 Å². The molecule has 0 aliphatic carbocycles. The maximum absolute atomic E-state index is 2.88. The Morgan fingerprint density at radius 1 is 0.289 bits per heavy atom. The monoisotopic (exact) mass is 634 g/mol. The minimum absolute atomic E-state index is 0.309. The second-order valence-electron chi connectivity index (χ2n) is 17.1. The first-order chi connectivity index (χ1) is 21.7. The van der Waals surface area contributed by atoms with Crippen LogP contribution in [-0.2, 0) is 0 Å². The summed E-state index contributed by atoms with van der Waals surface area (Å²) in [5, 5.41) is 0. The third-order valence-electron chi connectivity index (χ3n) is 10.4. The second kappa shape index (κ2) is 32.5.